The Morgan fingerprint density at radius 2 is 2.15 bits per heavy atom. The third kappa shape index (κ3) is 5.19. The van der Waals surface area contributed by atoms with E-state index < -0.39 is 5.97 Å². The summed E-state index contributed by atoms with van der Waals surface area (Å²) in [6, 6.07) is 6.79. The minimum absolute atomic E-state index is 0.0921. The van der Waals surface area contributed by atoms with Crippen LogP contribution in [0.5, 0.6) is 0 Å². The second-order valence-electron chi connectivity index (χ2n) is 4.54. The molecule has 0 aromatic heterocycles. The second-order valence-corrected chi connectivity index (χ2v) is 4.98. The highest BCUT2D eigenvalue weighted by atomic mass is 35.5. The Morgan fingerprint density at radius 1 is 1.45 bits per heavy atom. The summed E-state index contributed by atoms with van der Waals surface area (Å²) in [5, 5.41) is 12.5. The first-order valence-corrected chi connectivity index (χ1v) is 6.83. The lowest BCUT2D eigenvalue weighted by Crippen LogP contribution is -2.43. The van der Waals surface area contributed by atoms with Gasteiger partial charge in [-0.1, -0.05) is 24.6 Å². The van der Waals surface area contributed by atoms with Crippen molar-refractivity contribution in [2.75, 3.05) is 18.0 Å². The van der Waals surface area contributed by atoms with Gasteiger partial charge in [0.15, 0.2) is 0 Å². The van der Waals surface area contributed by atoms with Gasteiger partial charge in [0.2, 0.25) is 5.91 Å². The van der Waals surface area contributed by atoms with E-state index in [9.17, 15) is 9.59 Å². The average molecular weight is 299 g/mol. The molecular weight excluding hydrogens is 280 g/mol. The maximum Gasteiger partial charge on any atom is 0.323 e. The Kier molecular flexibility index (Phi) is 6.48. The molecule has 0 saturated carbocycles. The van der Waals surface area contributed by atoms with Gasteiger partial charge in [-0.15, -0.1) is 0 Å². The standard InChI is InChI=1S/C14H19ClN2O3/c1-3-10(2)16-8-13(18)17(9-14(19)20)12-6-4-5-11(15)7-12/h4-7,10,16H,3,8-9H2,1-2H3,(H,19,20). The fraction of sp³-hybridized carbons (Fsp3) is 0.429. The minimum atomic E-state index is -1.07. The van der Waals surface area contributed by atoms with Gasteiger partial charge in [0.1, 0.15) is 6.54 Å². The van der Waals surface area contributed by atoms with E-state index in [1.54, 1.807) is 24.3 Å². The SMILES string of the molecule is CCC(C)NCC(=O)N(CC(=O)O)c1cccc(Cl)c1. The van der Waals surface area contributed by atoms with Gasteiger partial charge in [0.25, 0.3) is 0 Å². The summed E-state index contributed by atoms with van der Waals surface area (Å²) in [5.41, 5.74) is 0.482. The van der Waals surface area contributed by atoms with E-state index in [0.717, 1.165) is 6.42 Å². The molecule has 20 heavy (non-hydrogen) atoms. The maximum absolute atomic E-state index is 12.2. The van der Waals surface area contributed by atoms with Crippen LogP contribution in [0.4, 0.5) is 5.69 Å². The number of benzene rings is 1. The quantitative estimate of drug-likeness (QED) is 0.809. The molecule has 0 fully saturated rings. The van der Waals surface area contributed by atoms with Crippen molar-refractivity contribution in [3.8, 4) is 0 Å². The largest absolute Gasteiger partial charge is 0.480 e. The van der Waals surface area contributed by atoms with E-state index in [2.05, 4.69) is 5.32 Å². The van der Waals surface area contributed by atoms with Gasteiger partial charge >= 0.3 is 5.97 Å². The van der Waals surface area contributed by atoms with Gasteiger partial charge in [-0.3, -0.25) is 9.59 Å². The zero-order chi connectivity index (χ0) is 15.1. The first-order chi connectivity index (χ1) is 9.43. The topological polar surface area (TPSA) is 69.6 Å². The molecule has 0 heterocycles. The van der Waals surface area contributed by atoms with Crippen LogP contribution in [0, 0.1) is 0 Å². The number of carboxylic acid groups (broad SMARTS) is 1. The molecule has 0 saturated heterocycles. The molecule has 2 N–H and O–H groups in total. The normalized spacial score (nSPS) is 11.9. The van der Waals surface area contributed by atoms with Crippen molar-refractivity contribution in [1.82, 2.24) is 5.32 Å². The van der Waals surface area contributed by atoms with Crippen molar-refractivity contribution in [2.45, 2.75) is 26.3 Å². The van der Waals surface area contributed by atoms with Crippen molar-refractivity contribution in [2.24, 2.45) is 0 Å². The molecule has 1 aromatic rings. The van der Waals surface area contributed by atoms with Crippen molar-refractivity contribution in [3.05, 3.63) is 29.3 Å². The number of rotatable bonds is 7. The monoisotopic (exact) mass is 298 g/mol. The van der Waals surface area contributed by atoms with Crippen LogP contribution in [0.3, 0.4) is 0 Å². The predicted octanol–water partition coefficient (Wildman–Crippen LogP) is 2.15. The summed E-state index contributed by atoms with van der Waals surface area (Å²) in [7, 11) is 0. The summed E-state index contributed by atoms with van der Waals surface area (Å²) in [4.78, 5) is 24.3. The average Bonchev–Trinajstić information content (AvgIpc) is 2.41. The van der Waals surface area contributed by atoms with E-state index in [-0.39, 0.29) is 25.0 Å². The molecule has 110 valence electrons. The van der Waals surface area contributed by atoms with Gasteiger partial charge in [-0.05, 0) is 31.5 Å². The number of hydrogen-bond acceptors (Lipinski definition) is 3. The highest BCUT2D eigenvalue weighted by Crippen LogP contribution is 2.19. The predicted molar refractivity (Wildman–Crippen MR) is 79.2 cm³/mol. The van der Waals surface area contributed by atoms with Crippen molar-refractivity contribution < 1.29 is 14.7 Å². The first kappa shape index (κ1) is 16.5. The van der Waals surface area contributed by atoms with Crippen LogP contribution in [-0.2, 0) is 9.59 Å². The highest BCUT2D eigenvalue weighted by molar-refractivity contribution is 6.30. The fourth-order valence-corrected chi connectivity index (χ4v) is 1.79. The van der Waals surface area contributed by atoms with Crippen LogP contribution in [0.25, 0.3) is 0 Å². The molecule has 5 nitrogen and oxygen atoms in total. The molecule has 1 rings (SSSR count). The number of hydrogen-bond donors (Lipinski definition) is 2. The van der Waals surface area contributed by atoms with E-state index >= 15 is 0 Å². The van der Waals surface area contributed by atoms with Crippen LogP contribution in [0.15, 0.2) is 24.3 Å². The van der Waals surface area contributed by atoms with Crippen LogP contribution in [0.2, 0.25) is 5.02 Å². The van der Waals surface area contributed by atoms with E-state index in [1.165, 1.54) is 4.90 Å². The zero-order valence-corrected chi connectivity index (χ0v) is 12.4. The molecule has 1 unspecified atom stereocenters. The van der Waals surface area contributed by atoms with E-state index in [0.29, 0.717) is 10.7 Å². The number of aliphatic carboxylic acids is 1. The van der Waals surface area contributed by atoms with Gasteiger partial charge in [0, 0.05) is 16.8 Å². The number of carbonyl (C=O) groups is 2. The molecule has 1 aromatic carbocycles. The molecule has 0 bridgehead atoms. The molecule has 0 spiro atoms. The molecule has 6 heteroatoms. The Hall–Kier alpha value is -1.59. The third-order valence-corrected chi connectivity index (χ3v) is 3.16. The summed E-state index contributed by atoms with van der Waals surface area (Å²) >= 11 is 5.88. The summed E-state index contributed by atoms with van der Waals surface area (Å²) < 4.78 is 0. The number of amides is 1. The number of halogens is 1. The van der Waals surface area contributed by atoms with Crippen LogP contribution in [0.1, 0.15) is 20.3 Å². The minimum Gasteiger partial charge on any atom is -0.480 e. The number of anilines is 1. The maximum atomic E-state index is 12.2. The fourth-order valence-electron chi connectivity index (χ4n) is 1.60. The first-order valence-electron chi connectivity index (χ1n) is 6.45. The van der Waals surface area contributed by atoms with E-state index in [1.807, 2.05) is 13.8 Å². The Balaban J connectivity index is 2.83. The molecule has 0 aliphatic heterocycles. The number of nitrogens with one attached hydrogen (secondary N) is 1. The van der Waals surface area contributed by atoms with Crippen LogP contribution < -0.4 is 10.2 Å². The summed E-state index contributed by atoms with van der Waals surface area (Å²) in [6.45, 7) is 3.68. The van der Waals surface area contributed by atoms with E-state index in [4.69, 9.17) is 16.7 Å². The molecular formula is C14H19ClN2O3. The molecule has 0 radical (unpaired) electrons. The summed E-state index contributed by atoms with van der Waals surface area (Å²) in [5.74, 6) is -1.36. The van der Waals surface area contributed by atoms with Gasteiger partial charge in [-0.25, -0.2) is 0 Å². The van der Waals surface area contributed by atoms with Crippen molar-refractivity contribution in [3.63, 3.8) is 0 Å². The lowest BCUT2D eigenvalue weighted by Gasteiger charge is -2.22. The lowest BCUT2D eigenvalue weighted by atomic mass is 10.2. The Labute approximate surface area is 123 Å². The summed E-state index contributed by atoms with van der Waals surface area (Å²) in [6.07, 6.45) is 0.892. The molecule has 1 amide bonds. The van der Waals surface area contributed by atoms with Gasteiger partial charge in [-0.2, -0.15) is 0 Å². The molecule has 0 aliphatic rings. The van der Waals surface area contributed by atoms with Crippen molar-refractivity contribution in [1.29, 1.82) is 0 Å². The second kappa shape index (κ2) is 7.87. The highest BCUT2D eigenvalue weighted by Gasteiger charge is 2.19. The third-order valence-electron chi connectivity index (χ3n) is 2.93. The lowest BCUT2D eigenvalue weighted by molar-refractivity contribution is -0.136. The zero-order valence-electron chi connectivity index (χ0n) is 11.6. The van der Waals surface area contributed by atoms with Crippen LogP contribution >= 0.6 is 11.6 Å². The number of carboxylic acids is 1. The molecule has 0 aliphatic carbocycles. The van der Waals surface area contributed by atoms with Gasteiger partial charge in [0.05, 0.1) is 6.54 Å². The Morgan fingerprint density at radius 3 is 2.70 bits per heavy atom. The van der Waals surface area contributed by atoms with Gasteiger partial charge < -0.3 is 15.3 Å². The molecule has 1 atom stereocenters. The number of carbonyl (C=O) groups excluding carboxylic acids is 1. The number of nitrogens with zero attached hydrogens (tertiary/aromatic N) is 1. The van der Waals surface area contributed by atoms with Crippen molar-refractivity contribution >= 4 is 29.2 Å². The Bertz CT molecular complexity index is 479. The smallest absolute Gasteiger partial charge is 0.323 e. The van der Waals surface area contributed by atoms with Crippen LogP contribution in [-0.4, -0.2) is 36.1 Å².